The number of anilines is 1. The Morgan fingerprint density at radius 3 is 2.71 bits per heavy atom. The summed E-state index contributed by atoms with van der Waals surface area (Å²) in [5.41, 5.74) is 4.52. The smallest absolute Gasteiger partial charge is 0.261 e. The summed E-state index contributed by atoms with van der Waals surface area (Å²) in [7, 11) is 3.15. The number of aryl methyl sites for hydroxylation is 1. The molecule has 0 fully saturated rings. The molecule has 1 aliphatic rings. The fourth-order valence-corrected chi connectivity index (χ4v) is 5.47. The van der Waals surface area contributed by atoms with Crippen LogP contribution in [0.15, 0.2) is 42.6 Å². The Kier molecular flexibility index (Phi) is 6.61. The van der Waals surface area contributed by atoms with Crippen LogP contribution in [0.4, 0.5) is 5.82 Å². The van der Waals surface area contributed by atoms with Crippen LogP contribution >= 0.6 is 11.3 Å². The molecule has 0 spiro atoms. The van der Waals surface area contributed by atoms with Gasteiger partial charge in [-0.3, -0.25) is 4.79 Å². The Bertz CT molecular complexity index is 1370. The molecule has 1 aliphatic heterocycles. The standard InChI is InChI=1S/C26H27N5O3S/c1-16-22-25(34-3)29-20(15-33-2)30-26(22)35-23(16)24(32)28-13-17-8-9-21(27-12-17)31-11-10-18-6-4-5-7-19(18)14-31/h4-9,12H,10-11,13-15H2,1-3H3,(H,28,32). The van der Waals surface area contributed by atoms with Gasteiger partial charge in [0.25, 0.3) is 5.91 Å². The number of hydrogen-bond donors (Lipinski definition) is 1. The first-order valence-electron chi connectivity index (χ1n) is 11.4. The number of fused-ring (bicyclic) bond motifs is 2. The van der Waals surface area contributed by atoms with Crippen molar-refractivity contribution in [3.05, 3.63) is 75.6 Å². The van der Waals surface area contributed by atoms with E-state index in [-0.39, 0.29) is 12.5 Å². The third kappa shape index (κ3) is 4.69. The number of thiophene rings is 1. The van der Waals surface area contributed by atoms with E-state index in [2.05, 4.69) is 49.4 Å². The fraction of sp³-hybridized carbons (Fsp3) is 0.308. The average Bonchev–Trinajstić information content (AvgIpc) is 3.23. The zero-order valence-electron chi connectivity index (χ0n) is 20.0. The lowest BCUT2D eigenvalue weighted by Gasteiger charge is -2.29. The van der Waals surface area contributed by atoms with Crippen LogP contribution in [0, 0.1) is 6.92 Å². The van der Waals surface area contributed by atoms with Crippen LogP contribution in [0.1, 0.15) is 37.7 Å². The van der Waals surface area contributed by atoms with Crippen molar-refractivity contribution in [2.24, 2.45) is 0 Å². The van der Waals surface area contributed by atoms with Gasteiger partial charge in [-0.25, -0.2) is 9.97 Å². The van der Waals surface area contributed by atoms with Gasteiger partial charge in [-0.1, -0.05) is 30.3 Å². The quantitative estimate of drug-likeness (QED) is 0.419. The Morgan fingerprint density at radius 1 is 1.14 bits per heavy atom. The van der Waals surface area contributed by atoms with Crippen LogP contribution < -0.4 is 15.0 Å². The maximum atomic E-state index is 13.0. The number of ether oxygens (including phenoxy) is 2. The summed E-state index contributed by atoms with van der Waals surface area (Å²) in [6.45, 7) is 4.37. The first kappa shape index (κ1) is 23.2. The van der Waals surface area contributed by atoms with E-state index >= 15 is 0 Å². The molecule has 0 atom stereocenters. The van der Waals surface area contributed by atoms with Crippen molar-refractivity contribution < 1.29 is 14.3 Å². The van der Waals surface area contributed by atoms with E-state index in [4.69, 9.17) is 9.47 Å². The topological polar surface area (TPSA) is 89.5 Å². The van der Waals surface area contributed by atoms with Gasteiger partial charge in [-0.15, -0.1) is 11.3 Å². The molecule has 180 valence electrons. The second-order valence-corrected chi connectivity index (χ2v) is 9.47. The highest BCUT2D eigenvalue weighted by molar-refractivity contribution is 7.20. The summed E-state index contributed by atoms with van der Waals surface area (Å²) in [6.07, 6.45) is 2.85. The van der Waals surface area contributed by atoms with Crippen molar-refractivity contribution in [2.45, 2.75) is 33.0 Å². The van der Waals surface area contributed by atoms with Gasteiger partial charge in [0, 0.05) is 32.9 Å². The Balaban J connectivity index is 1.27. The molecule has 1 N–H and O–H groups in total. The normalized spacial score (nSPS) is 13.1. The van der Waals surface area contributed by atoms with Crippen LogP contribution in [-0.4, -0.2) is 41.6 Å². The molecule has 0 radical (unpaired) electrons. The molecule has 5 rings (SSSR count). The van der Waals surface area contributed by atoms with Crippen molar-refractivity contribution in [1.82, 2.24) is 20.3 Å². The Morgan fingerprint density at radius 2 is 1.97 bits per heavy atom. The first-order valence-corrected chi connectivity index (χ1v) is 12.3. The SMILES string of the molecule is COCc1nc(OC)c2c(C)c(C(=O)NCc3ccc(N4CCc5ccccc5C4)nc3)sc2n1. The first-order chi connectivity index (χ1) is 17.1. The number of aromatic nitrogens is 3. The molecule has 0 aliphatic carbocycles. The van der Waals surface area contributed by atoms with Crippen molar-refractivity contribution in [1.29, 1.82) is 0 Å². The van der Waals surface area contributed by atoms with Gasteiger partial charge in [0.2, 0.25) is 5.88 Å². The van der Waals surface area contributed by atoms with Crippen LogP contribution in [0.5, 0.6) is 5.88 Å². The van der Waals surface area contributed by atoms with E-state index in [1.165, 1.54) is 22.5 Å². The molecule has 0 saturated heterocycles. The minimum absolute atomic E-state index is 0.155. The summed E-state index contributed by atoms with van der Waals surface area (Å²) in [6, 6.07) is 12.6. The molecule has 3 aromatic heterocycles. The second-order valence-electron chi connectivity index (χ2n) is 8.47. The van der Waals surface area contributed by atoms with Crippen molar-refractivity contribution in [2.75, 3.05) is 25.7 Å². The number of methoxy groups -OCH3 is 2. The van der Waals surface area contributed by atoms with Gasteiger partial charge in [0.15, 0.2) is 5.82 Å². The molecule has 35 heavy (non-hydrogen) atoms. The summed E-state index contributed by atoms with van der Waals surface area (Å²) in [5.74, 6) is 1.77. The monoisotopic (exact) mass is 489 g/mol. The van der Waals surface area contributed by atoms with Crippen molar-refractivity contribution in [3.63, 3.8) is 0 Å². The number of amides is 1. The molecular formula is C26H27N5O3S. The predicted octanol–water partition coefficient (Wildman–Crippen LogP) is 4.04. The van der Waals surface area contributed by atoms with E-state index in [1.807, 2.05) is 25.3 Å². The molecule has 0 saturated carbocycles. The van der Waals surface area contributed by atoms with Gasteiger partial charge in [-0.05, 0) is 41.7 Å². The lowest BCUT2D eigenvalue weighted by Crippen LogP contribution is -2.31. The number of hydrogen-bond acceptors (Lipinski definition) is 8. The lowest BCUT2D eigenvalue weighted by molar-refractivity contribution is 0.0954. The maximum absolute atomic E-state index is 13.0. The highest BCUT2D eigenvalue weighted by atomic mass is 32.1. The van der Waals surface area contributed by atoms with Gasteiger partial charge < -0.3 is 19.7 Å². The number of carbonyl (C=O) groups is 1. The molecular weight excluding hydrogens is 462 g/mol. The van der Waals surface area contributed by atoms with Crippen molar-refractivity contribution in [3.8, 4) is 5.88 Å². The summed E-state index contributed by atoms with van der Waals surface area (Å²) in [4.78, 5) is 30.2. The number of carbonyl (C=O) groups excluding carboxylic acids is 1. The predicted molar refractivity (Wildman–Crippen MR) is 136 cm³/mol. The summed E-state index contributed by atoms with van der Waals surface area (Å²) in [5, 5.41) is 3.77. The molecule has 4 heterocycles. The largest absolute Gasteiger partial charge is 0.480 e. The van der Waals surface area contributed by atoms with Crippen LogP contribution in [0.2, 0.25) is 0 Å². The molecule has 9 heteroatoms. The van der Waals surface area contributed by atoms with E-state index in [0.717, 1.165) is 41.8 Å². The van der Waals surface area contributed by atoms with Crippen LogP contribution in [-0.2, 0) is 30.9 Å². The average molecular weight is 490 g/mol. The second kappa shape index (κ2) is 9.97. The zero-order chi connectivity index (χ0) is 24.4. The minimum Gasteiger partial charge on any atom is -0.480 e. The number of rotatable bonds is 7. The number of nitrogens with zero attached hydrogens (tertiary/aromatic N) is 4. The maximum Gasteiger partial charge on any atom is 0.261 e. The molecule has 1 amide bonds. The van der Waals surface area contributed by atoms with E-state index in [1.54, 1.807) is 14.2 Å². The zero-order valence-corrected chi connectivity index (χ0v) is 20.8. The highest BCUT2D eigenvalue weighted by Gasteiger charge is 2.21. The van der Waals surface area contributed by atoms with E-state index in [0.29, 0.717) is 28.0 Å². The Hall–Kier alpha value is -3.56. The third-order valence-electron chi connectivity index (χ3n) is 6.19. The Labute approximate surface area is 208 Å². The summed E-state index contributed by atoms with van der Waals surface area (Å²) >= 11 is 1.33. The highest BCUT2D eigenvalue weighted by Crippen LogP contribution is 2.35. The third-order valence-corrected chi connectivity index (χ3v) is 7.38. The molecule has 0 bridgehead atoms. The van der Waals surface area contributed by atoms with Gasteiger partial charge in [0.05, 0.1) is 17.4 Å². The number of nitrogens with one attached hydrogen (secondary N) is 1. The molecule has 1 aromatic carbocycles. The fourth-order valence-electron chi connectivity index (χ4n) is 4.36. The van der Waals surface area contributed by atoms with Gasteiger partial charge in [0.1, 0.15) is 17.3 Å². The van der Waals surface area contributed by atoms with E-state index in [9.17, 15) is 4.79 Å². The van der Waals surface area contributed by atoms with Gasteiger partial charge in [-0.2, -0.15) is 4.98 Å². The van der Waals surface area contributed by atoms with Crippen molar-refractivity contribution >= 4 is 33.3 Å². The van der Waals surface area contributed by atoms with Crippen LogP contribution in [0.25, 0.3) is 10.2 Å². The van der Waals surface area contributed by atoms with Crippen LogP contribution in [0.3, 0.4) is 0 Å². The molecule has 8 nitrogen and oxygen atoms in total. The van der Waals surface area contributed by atoms with Gasteiger partial charge >= 0.3 is 0 Å². The summed E-state index contributed by atoms with van der Waals surface area (Å²) < 4.78 is 10.6. The molecule has 4 aromatic rings. The number of benzene rings is 1. The molecule has 0 unspecified atom stereocenters. The van der Waals surface area contributed by atoms with E-state index < -0.39 is 0 Å². The lowest BCUT2D eigenvalue weighted by atomic mass is 10.00. The minimum atomic E-state index is -0.155. The number of pyridine rings is 1.